The third-order valence-electron chi connectivity index (χ3n) is 8.95. The molecule has 0 unspecified atom stereocenters. The van der Waals surface area contributed by atoms with Crippen LogP contribution in [-0.2, 0) is 28.7 Å². The molecule has 334 valence electrons. The minimum Gasteiger partial charge on any atom is -0.494 e. The molecule has 0 aliphatic carbocycles. The Balaban J connectivity index is 1.26. The van der Waals surface area contributed by atoms with Crippen molar-refractivity contribution in [3.63, 3.8) is 0 Å². The summed E-state index contributed by atoms with van der Waals surface area (Å²) in [4.78, 5) is 47.6. The highest BCUT2D eigenvalue weighted by atomic mass is 16.6. The summed E-state index contributed by atoms with van der Waals surface area (Å²) in [6, 6.07) is 24.6. The average molecular weight is 873 g/mol. The predicted octanol–water partition coefficient (Wildman–Crippen LogP) is 8.95. The Morgan fingerprint density at radius 2 is 0.875 bits per heavy atom. The average Bonchev–Trinajstić information content (AvgIpc) is 3.32. The molecule has 0 saturated heterocycles. The van der Waals surface area contributed by atoms with Gasteiger partial charge in [0.15, 0.2) is 23.0 Å². The summed E-state index contributed by atoms with van der Waals surface area (Å²) >= 11 is 0. The van der Waals surface area contributed by atoms with Crippen molar-refractivity contribution in [3.05, 3.63) is 145 Å². The molecule has 0 aromatic heterocycles. The Labute approximate surface area is 373 Å². The van der Waals surface area contributed by atoms with Gasteiger partial charge in [-0.05, 0) is 123 Å². The van der Waals surface area contributed by atoms with Gasteiger partial charge < -0.3 is 37.9 Å². The van der Waals surface area contributed by atoms with Crippen molar-refractivity contribution >= 4 is 47.5 Å². The molecule has 0 amide bonds. The predicted molar refractivity (Wildman–Crippen MR) is 244 cm³/mol. The Bertz CT molecular complexity index is 2180. The molecule has 0 atom stereocenters. The number of rotatable bonds is 25. The van der Waals surface area contributed by atoms with Crippen LogP contribution in [0.2, 0.25) is 0 Å². The van der Waals surface area contributed by atoms with Gasteiger partial charge in [-0.3, -0.25) is 0 Å². The van der Waals surface area contributed by atoms with E-state index in [-0.39, 0.29) is 11.5 Å². The molecular formula is C50H52N2O12. The number of methoxy groups -OCH3 is 2. The number of hydrogen-bond donors (Lipinski definition) is 0. The van der Waals surface area contributed by atoms with Crippen LogP contribution in [0.4, 0.5) is 0 Å². The molecule has 14 heteroatoms. The fraction of sp³-hybridized carbons (Fsp3) is 0.240. The molecule has 14 nitrogen and oxygen atoms in total. The van der Waals surface area contributed by atoms with Crippen molar-refractivity contribution in [1.29, 1.82) is 0 Å². The molecule has 0 heterocycles. The van der Waals surface area contributed by atoms with Gasteiger partial charge in [0, 0.05) is 35.4 Å². The van der Waals surface area contributed by atoms with E-state index in [2.05, 4.69) is 23.4 Å². The second kappa shape index (κ2) is 26.6. The highest BCUT2D eigenvalue weighted by Crippen LogP contribution is 2.30. The van der Waals surface area contributed by atoms with Crippen molar-refractivity contribution in [2.75, 3.05) is 40.6 Å². The van der Waals surface area contributed by atoms with Crippen LogP contribution in [0.25, 0.3) is 12.2 Å². The quantitative estimate of drug-likeness (QED) is 0.0155. The van der Waals surface area contributed by atoms with Crippen LogP contribution in [0.5, 0.6) is 34.5 Å². The zero-order valence-electron chi connectivity index (χ0n) is 36.4. The number of benzene rings is 4. The number of nitrogens with zero attached hydrogens (tertiary/aromatic N) is 2. The maximum absolute atomic E-state index is 12.7. The molecular weight excluding hydrogens is 821 g/mol. The van der Waals surface area contributed by atoms with Crippen LogP contribution < -0.4 is 28.4 Å². The second-order valence-corrected chi connectivity index (χ2v) is 13.6. The van der Waals surface area contributed by atoms with Crippen LogP contribution in [0.1, 0.15) is 61.8 Å². The van der Waals surface area contributed by atoms with Crippen molar-refractivity contribution in [2.45, 2.75) is 39.5 Å². The molecule has 0 N–H and O–H groups in total. The van der Waals surface area contributed by atoms with E-state index in [0.717, 1.165) is 36.1 Å². The monoisotopic (exact) mass is 872 g/mol. The van der Waals surface area contributed by atoms with Crippen LogP contribution in [0, 0.1) is 0 Å². The lowest BCUT2D eigenvalue weighted by atomic mass is 10.1. The summed E-state index contributed by atoms with van der Waals surface area (Å²) < 4.78 is 43.5. The third-order valence-corrected chi connectivity index (χ3v) is 8.95. The van der Waals surface area contributed by atoms with E-state index in [0.29, 0.717) is 84.8 Å². The lowest BCUT2D eigenvalue weighted by Crippen LogP contribution is -2.06. The van der Waals surface area contributed by atoms with Gasteiger partial charge in [0.25, 0.3) is 0 Å². The topological polar surface area (TPSA) is 167 Å². The lowest BCUT2D eigenvalue weighted by Gasteiger charge is -2.10. The second-order valence-electron chi connectivity index (χ2n) is 13.6. The van der Waals surface area contributed by atoms with Crippen molar-refractivity contribution in [1.82, 2.24) is 0 Å². The standard InChI is InChI=1S/C50H52N2O12/c1-7-47(53)61-31-11-9-29-59-41-21-13-37(14-22-41)17-27-49(55)63-43-25-19-39(33-45(43)57-5)35(3)51-52-36(4)40-20-26-44(46(34-40)58-6)64-50(56)28-18-38-15-23-42(24-16-38)60-30-10-12-32-62-48(54)8-2/h7-8,13-28,33-34H,1-2,9-12,29-32H2,3-6H3/b27-17+,28-18+,51-35+,52-36+. The van der Waals surface area contributed by atoms with Gasteiger partial charge >= 0.3 is 23.9 Å². The van der Waals surface area contributed by atoms with Gasteiger partial charge in [-0.25, -0.2) is 19.2 Å². The molecule has 0 aliphatic heterocycles. The van der Waals surface area contributed by atoms with E-state index < -0.39 is 23.9 Å². The van der Waals surface area contributed by atoms with E-state index in [1.54, 1.807) is 86.7 Å². The smallest absolute Gasteiger partial charge is 0.336 e. The Hall–Kier alpha value is -7.74. The molecule has 0 saturated carbocycles. The largest absolute Gasteiger partial charge is 0.494 e. The number of carbonyl (C=O) groups excluding carboxylic acids is 4. The molecule has 4 aromatic carbocycles. The van der Waals surface area contributed by atoms with E-state index in [4.69, 9.17) is 37.9 Å². The maximum Gasteiger partial charge on any atom is 0.336 e. The number of esters is 4. The molecule has 0 fully saturated rings. The van der Waals surface area contributed by atoms with Crippen LogP contribution in [-0.4, -0.2) is 75.9 Å². The summed E-state index contributed by atoms with van der Waals surface area (Å²) in [5.74, 6) is 0.411. The van der Waals surface area contributed by atoms with Crippen molar-refractivity contribution in [2.24, 2.45) is 10.2 Å². The summed E-state index contributed by atoms with van der Waals surface area (Å²) in [6.07, 6.45) is 11.0. The number of hydrogen-bond acceptors (Lipinski definition) is 14. The SMILES string of the molecule is C=CC(=O)OCCCCOc1ccc(/C=C/C(=O)Oc2ccc(/C(C)=N/N=C(\C)c3ccc(OC(=O)/C=C/c4ccc(OCCCCOC(=O)C=C)cc4)c(OC)c3)cc2OC)cc1. The first kappa shape index (κ1) is 48.9. The fourth-order valence-electron chi connectivity index (χ4n) is 5.43. The Kier molecular flexibility index (Phi) is 20.3. The third kappa shape index (κ3) is 17.0. The number of ether oxygens (including phenoxy) is 8. The molecule has 64 heavy (non-hydrogen) atoms. The number of unbranched alkanes of at least 4 members (excludes halogenated alkanes) is 2. The van der Waals surface area contributed by atoms with Gasteiger partial charge in [0.1, 0.15) is 11.5 Å². The van der Waals surface area contributed by atoms with Gasteiger partial charge in [0.2, 0.25) is 0 Å². The molecule has 4 aromatic rings. The summed E-state index contributed by atoms with van der Waals surface area (Å²) in [7, 11) is 2.95. The van der Waals surface area contributed by atoms with E-state index in [9.17, 15) is 19.2 Å². The minimum absolute atomic E-state index is 0.232. The highest BCUT2D eigenvalue weighted by Gasteiger charge is 2.13. The Morgan fingerprint density at radius 1 is 0.500 bits per heavy atom. The maximum atomic E-state index is 12.7. The van der Waals surface area contributed by atoms with Gasteiger partial charge in [-0.15, -0.1) is 0 Å². The van der Waals surface area contributed by atoms with E-state index >= 15 is 0 Å². The molecule has 0 spiro atoms. The molecule has 0 bridgehead atoms. The molecule has 0 aliphatic rings. The molecule has 0 radical (unpaired) electrons. The first-order valence-corrected chi connectivity index (χ1v) is 20.3. The molecule has 4 rings (SSSR count). The zero-order valence-corrected chi connectivity index (χ0v) is 36.4. The highest BCUT2D eigenvalue weighted by molar-refractivity contribution is 6.02. The minimum atomic E-state index is -0.591. The number of carbonyl (C=O) groups is 4. The van der Waals surface area contributed by atoms with Crippen LogP contribution >= 0.6 is 0 Å². The summed E-state index contributed by atoms with van der Waals surface area (Å²) in [5.41, 5.74) is 4.08. The normalized spacial score (nSPS) is 11.4. The van der Waals surface area contributed by atoms with Gasteiger partial charge in [-0.2, -0.15) is 10.2 Å². The van der Waals surface area contributed by atoms with Gasteiger partial charge in [0.05, 0.1) is 52.1 Å². The first-order valence-electron chi connectivity index (χ1n) is 20.3. The zero-order chi connectivity index (χ0) is 46.1. The Morgan fingerprint density at radius 3 is 1.23 bits per heavy atom. The van der Waals surface area contributed by atoms with E-state index in [1.165, 1.54) is 26.4 Å². The lowest BCUT2D eigenvalue weighted by molar-refractivity contribution is -0.138. The first-order chi connectivity index (χ1) is 31.0. The van der Waals surface area contributed by atoms with Crippen molar-refractivity contribution in [3.8, 4) is 34.5 Å². The summed E-state index contributed by atoms with van der Waals surface area (Å²) in [5, 5.41) is 8.80. The summed E-state index contributed by atoms with van der Waals surface area (Å²) in [6.45, 7) is 11.9. The van der Waals surface area contributed by atoms with E-state index in [1.807, 2.05) is 24.3 Å². The fourth-order valence-corrected chi connectivity index (χ4v) is 5.43. The van der Waals surface area contributed by atoms with Gasteiger partial charge in [-0.1, -0.05) is 37.4 Å². The van der Waals surface area contributed by atoms with Crippen LogP contribution in [0.3, 0.4) is 0 Å². The van der Waals surface area contributed by atoms with Crippen LogP contribution in [0.15, 0.2) is 133 Å². The van der Waals surface area contributed by atoms with Crippen molar-refractivity contribution < 1.29 is 57.1 Å².